The van der Waals surface area contributed by atoms with Crippen molar-refractivity contribution >= 4 is 35.4 Å². The van der Waals surface area contributed by atoms with Crippen LogP contribution in [0.4, 0.5) is 0 Å². The van der Waals surface area contributed by atoms with Gasteiger partial charge >= 0.3 is 5.97 Å². The van der Waals surface area contributed by atoms with E-state index < -0.39 is 12.0 Å². The first-order valence-electron chi connectivity index (χ1n) is 14.9. The summed E-state index contributed by atoms with van der Waals surface area (Å²) in [5.74, 6) is 1.37. The van der Waals surface area contributed by atoms with Gasteiger partial charge in [0.2, 0.25) is 0 Å². The SMILES string of the molecule is CSCCC(NC(=O)c1ccc(CN2C(CSC)CCC2CC2CCCCC2)cc1-c1ccccc1C)C(=O)O. The minimum atomic E-state index is -0.991. The number of nitrogens with one attached hydrogen (secondary N) is 1. The number of carbonyl (C=O) groups is 2. The lowest BCUT2D eigenvalue weighted by atomic mass is 9.84. The molecule has 2 N–H and O–H groups in total. The number of thioether (sulfide) groups is 2. The van der Waals surface area contributed by atoms with Crippen LogP contribution in [0.3, 0.4) is 0 Å². The molecule has 0 radical (unpaired) electrons. The third kappa shape index (κ3) is 8.07. The van der Waals surface area contributed by atoms with Gasteiger partial charge < -0.3 is 10.4 Å². The van der Waals surface area contributed by atoms with Gasteiger partial charge in [-0.2, -0.15) is 23.5 Å². The normalized spacial score (nSPS) is 20.9. The van der Waals surface area contributed by atoms with Crippen LogP contribution in [0, 0.1) is 12.8 Å². The number of likely N-dealkylation sites (tertiary alicyclic amines) is 1. The summed E-state index contributed by atoms with van der Waals surface area (Å²) in [7, 11) is 0. The van der Waals surface area contributed by atoms with Gasteiger partial charge in [0, 0.05) is 29.9 Å². The van der Waals surface area contributed by atoms with E-state index in [2.05, 4.69) is 47.7 Å². The zero-order valence-corrected chi connectivity index (χ0v) is 26.0. The number of carboxylic acids is 1. The quantitative estimate of drug-likeness (QED) is 0.259. The number of amides is 1. The van der Waals surface area contributed by atoms with Crippen molar-refractivity contribution in [1.29, 1.82) is 0 Å². The van der Waals surface area contributed by atoms with Crippen molar-refractivity contribution in [3.8, 4) is 11.1 Å². The molecule has 3 atom stereocenters. The largest absolute Gasteiger partial charge is 0.480 e. The Morgan fingerprint density at radius 1 is 0.975 bits per heavy atom. The molecular formula is C33H46N2O3S2. The van der Waals surface area contributed by atoms with Gasteiger partial charge in [0.15, 0.2) is 0 Å². The van der Waals surface area contributed by atoms with Crippen molar-refractivity contribution in [3.05, 3.63) is 59.2 Å². The molecular weight excluding hydrogens is 537 g/mol. The van der Waals surface area contributed by atoms with Crippen molar-refractivity contribution in [3.63, 3.8) is 0 Å². The summed E-state index contributed by atoms with van der Waals surface area (Å²) in [6.07, 6.45) is 15.3. The van der Waals surface area contributed by atoms with Crippen LogP contribution in [0.5, 0.6) is 0 Å². The molecule has 2 aliphatic rings. The number of carboxylic acid groups (broad SMARTS) is 1. The van der Waals surface area contributed by atoms with Crippen molar-refractivity contribution in [2.75, 3.05) is 24.0 Å². The third-order valence-corrected chi connectivity index (χ3v) is 10.2. The lowest BCUT2D eigenvalue weighted by molar-refractivity contribution is -0.139. The molecule has 218 valence electrons. The molecule has 2 fully saturated rings. The number of benzene rings is 2. The molecule has 1 amide bonds. The van der Waals surface area contributed by atoms with Gasteiger partial charge in [0.1, 0.15) is 6.04 Å². The lowest BCUT2D eigenvalue weighted by Gasteiger charge is -2.33. The van der Waals surface area contributed by atoms with Crippen LogP contribution in [0.25, 0.3) is 11.1 Å². The molecule has 4 rings (SSSR count). The molecule has 2 aromatic carbocycles. The van der Waals surface area contributed by atoms with E-state index in [-0.39, 0.29) is 5.91 Å². The number of hydrogen-bond donors (Lipinski definition) is 2. The molecule has 1 saturated carbocycles. The minimum absolute atomic E-state index is 0.324. The molecule has 0 aromatic heterocycles. The van der Waals surface area contributed by atoms with E-state index in [0.29, 0.717) is 29.8 Å². The van der Waals surface area contributed by atoms with Crippen molar-refractivity contribution < 1.29 is 14.7 Å². The molecule has 1 heterocycles. The van der Waals surface area contributed by atoms with Crippen LogP contribution in [-0.4, -0.2) is 64.0 Å². The highest BCUT2D eigenvalue weighted by Crippen LogP contribution is 2.37. The van der Waals surface area contributed by atoms with Crippen LogP contribution < -0.4 is 5.32 Å². The Balaban J connectivity index is 1.62. The Labute approximate surface area is 249 Å². The first kappa shape index (κ1) is 31.0. The average Bonchev–Trinajstić information content (AvgIpc) is 3.32. The summed E-state index contributed by atoms with van der Waals surface area (Å²) < 4.78 is 0. The summed E-state index contributed by atoms with van der Waals surface area (Å²) >= 11 is 3.52. The second-order valence-electron chi connectivity index (χ2n) is 11.6. The Kier molecular flexibility index (Phi) is 11.9. The average molecular weight is 583 g/mol. The topological polar surface area (TPSA) is 69.6 Å². The standard InChI is InChI=1S/C33H46N2O3S2/c1-23-9-7-8-12-28(23)30-20-25(13-16-29(30)32(36)34-31(33(37)38)17-18-39-2)21-35-26(14-15-27(35)22-40-3)19-24-10-5-4-6-11-24/h7-9,12-13,16,20,24,26-27,31H,4-6,10-11,14-15,17-19,21-22H2,1-3H3,(H,34,36)(H,37,38). The highest BCUT2D eigenvalue weighted by molar-refractivity contribution is 7.98. The van der Waals surface area contributed by atoms with E-state index in [1.165, 1.54) is 56.9 Å². The summed E-state index contributed by atoms with van der Waals surface area (Å²) in [6, 6.07) is 14.6. The number of nitrogens with zero attached hydrogens (tertiary/aromatic N) is 1. The molecule has 40 heavy (non-hydrogen) atoms. The molecule has 2 aromatic rings. The van der Waals surface area contributed by atoms with Crippen molar-refractivity contribution in [2.45, 2.75) is 89.4 Å². The van der Waals surface area contributed by atoms with E-state index in [9.17, 15) is 14.7 Å². The predicted molar refractivity (Wildman–Crippen MR) is 170 cm³/mol. The maximum Gasteiger partial charge on any atom is 0.326 e. The lowest BCUT2D eigenvalue weighted by Crippen LogP contribution is -2.41. The molecule has 7 heteroatoms. The number of hydrogen-bond acceptors (Lipinski definition) is 5. The first-order chi connectivity index (χ1) is 19.4. The van der Waals surface area contributed by atoms with E-state index in [1.54, 1.807) is 11.8 Å². The van der Waals surface area contributed by atoms with Gasteiger partial charge in [-0.15, -0.1) is 0 Å². The van der Waals surface area contributed by atoms with Crippen LogP contribution in [0.15, 0.2) is 42.5 Å². The van der Waals surface area contributed by atoms with Crippen LogP contribution in [-0.2, 0) is 11.3 Å². The van der Waals surface area contributed by atoms with Crippen molar-refractivity contribution in [1.82, 2.24) is 10.2 Å². The van der Waals surface area contributed by atoms with Gasteiger partial charge in [-0.25, -0.2) is 4.79 Å². The number of aliphatic carboxylic acids is 1. The van der Waals surface area contributed by atoms with Crippen molar-refractivity contribution in [2.24, 2.45) is 5.92 Å². The Morgan fingerprint density at radius 2 is 1.73 bits per heavy atom. The fraction of sp³-hybridized carbons (Fsp3) is 0.576. The maximum absolute atomic E-state index is 13.5. The van der Waals surface area contributed by atoms with Gasteiger partial charge in [0.25, 0.3) is 5.91 Å². The highest BCUT2D eigenvalue weighted by Gasteiger charge is 2.35. The second kappa shape index (κ2) is 15.3. The van der Waals surface area contributed by atoms with Gasteiger partial charge in [0.05, 0.1) is 0 Å². The third-order valence-electron chi connectivity index (χ3n) is 8.80. The fourth-order valence-corrected chi connectivity index (χ4v) is 7.84. The zero-order chi connectivity index (χ0) is 28.5. The van der Waals surface area contributed by atoms with E-state index in [4.69, 9.17) is 0 Å². The molecule has 1 aliphatic heterocycles. The van der Waals surface area contributed by atoms with Crippen LogP contribution in [0.1, 0.15) is 79.3 Å². The predicted octanol–water partition coefficient (Wildman–Crippen LogP) is 7.26. The van der Waals surface area contributed by atoms with Crippen LogP contribution >= 0.6 is 23.5 Å². The molecule has 3 unspecified atom stereocenters. The van der Waals surface area contributed by atoms with E-state index in [0.717, 1.165) is 34.9 Å². The van der Waals surface area contributed by atoms with Gasteiger partial charge in [-0.1, -0.05) is 62.4 Å². The summed E-state index contributed by atoms with van der Waals surface area (Å²) in [6.45, 7) is 2.95. The molecule has 5 nitrogen and oxygen atoms in total. The molecule has 0 bridgehead atoms. The monoisotopic (exact) mass is 582 g/mol. The number of rotatable bonds is 13. The summed E-state index contributed by atoms with van der Waals surface area (Å²) in [5.41, 5.74) is 4.75. The second-order valence-corrected chi connectivity index (χ2v) is 13.5. The fourth-order valence-electron chi connectivity index (χ4n) is 6.63. The van der Waals surface area contributed by atoms with Gasteiger partial charge in [-0.05, 0) is 91.2 Å². The number of aryl methyl sites for hydroxylation is 1. The molecule has 0 spiro atoms. The smallest absolute Gasteiger partial charge is 0.326 e. The first-order valence-corrected chi connectivity index (χ1v) is 17.7. The summed E-state index contributed by atoms with van der Waals surface area (Å²) in [4.78, 5) is 28.1. The van der Waals surface area contributed by atoms with Gasteiger partial charge in [-0.3, -0.25) is 9.69 Å². The number of carbonyl (C=O) groups excluding carboxylic acids is 1. The molecule has 1 aliphatic carbocycles. The Morgan fingerprint density at radius 3 is 2.42 bits per heavy atom. The Bertz CT molecular complexity index is 1130. The highest BCUT2D eigenvalue weighted by atomic mass is 32.2. The maximum atomic E-state index is 13.5. The minimum Gasteiger partial charge on any atom is -0.480 e. The summed E-state index contributed by atoms with van der Waals surface area (Å²) in [5, 5.41) is 12.5. The zero-order valence-electron chi connectivity index (χ0n) is 24.4. The van der Waals surface area contributed by atoms with E-state index in [1.807, 2.05) is 36.2 Å². The van der Waals surface area contributed by atoms with E-state index >= 15 is 0 Å². The van der Waals surface area contributed by atoms with Crippen LogP contribution in [0.2, 0.25) is 0 Å². The Hall–Kier alpha value is -1.96. The molecule has 1 saturated heterocycles.